The summed E-state index contributed by atoms with van der Waals surface area (Å²) in [4.78, 5) is 27.8. The lowest BCUT2D eigenvalue weighted by Gasteiger charge is -2.41. The Balaban J connectivity index is 2.03. The van der Waals surface area contributed by atoms with Crippen LogP contribution in [0.2, 0.25) is 0 Å². The quantitative estimate of drug-likeness (QED) is 0.859. The first-order valence-electron chi connectivity index (χ1n) is 7.82. The Bertz CT molecular complexity index is 397. The fourth-order valence-electron chi connectivity index (χ4n) is 3.55. The number of aliphatic carboxylic acids is 1. The molecule has 0 aliphatic carbocycles. The number of carbonyl (C=O) groups excluding carboxylic acids is 1. The van der Waals surface area contributed by atoms with Crippen molar-refractivity contribution >= 4 is 12.0 Å². The van der Waals surface area contributed by atoms with Crippen LogP contribution in [0.15, 0.2) is 0 Å². The van der Waals surface area contributed by atoms with Gasteiger partial charge in [0, 0.05) is 33.3 Å². The second kappa shape index (κ2) is 6.64. The summed E-state index contributed by atoms with van der Waals surface area (Å²) in [6, 6.07) is -0.0315. The van der Waals surface area contributed by atoms with E-state index in [-0.39, 0.29) is 12.1 Å². The zero-order valence-electron chi connectivity index (χ0n) is 13.0. The molecule has 2 aliphatic rings. The van der Waals surface area contributed by atoms with Crippen LogP contribution in [0.25, 0.3) is 0 Å². The molecule has 6 heteroatoms. The Morgan fingerprint density at radius 2 is 2.10 bits per heavy atom. The number of methoxy groups -OCH3 is 1. The van der Waals surface area contributed by atoms with Gasteiger partial charge in [0.15, 0.2) is 0 Å². The molecule has 6 nitrogen and oxygen atoms in total. The highest BCUT2D eigenvalue weighted by atomic mass is 16.5. The SMILES string of the molecule is CCCC1(C(=O)O)CCCN(C(=O)N2CCC(OC)C2)C1. The van der Waals surface area contributed by atoms with Crippen LogP contribution in [0.4, 0.5) is 4.79 Å². The average Bonchev–Trinajstić information content (AvgIpc) is 2.96. The Kier molecular flexibility index (Phi) is 5.08. The molecule has 2 saturated heterocycles. The highest BCUT2D eigenvalue weighted by Crippen LogP contribution is 2.35. The predicted molar refractivity (Wildman–Crippen MR) is 78.2 cm³/mol. The van der Waals surface area contributed by atoms with E-state index in [0.717, 1.165) is 19.3 Å². The van der Waals surface area contributed by atoms with Crippen molar-refractivity contribution in [2.75, 3.05) is 33.3 Å². The van der Waals surface area contributed by atoms with Crippen molar-refractivity contribution in [2.24, 2.45) is 5.41 Å². The van der Waals surface area contributed by atoms with Gasteiger partial charge in [-0.3, -0.25) is 4.79 Å². The van der Waals surface area contributed by atoms with E-state index in [4.69, 9.17) is 4.74 Å². The zero-order valence-corrected chi connectivity index (χ0v) is 13.0. The smallest absolute Gasteiger partial charge is 0.320 e. The molecule has 0 saturated carbocycles. The maximum Gasteiger partial charge on any atom is 0.320 e. The number of urea groups is 1. The Morgan fingerprint density at radius 1 is 1.33 bits per heavy atom. The molecule has 2 aliphatic heterocycles. The van der Waals surface area contributed by atoms with E-state index >= 15 is 0 Å². The third-order valence-corrected chi connectivity index (χ3v) is 4.78. The van der Waals surface area contributed by atoms with Crippen LogP contribution in [-0.4, -0.2) is 66.3 Å². The molecule has 0 aromatic carbocycles. The van der Waals surface area contributed by atoms with Gasteiger partial charge in [0.2, 0.25) is 0 Å². The minimum absolute atomic E-state index is 0.0315. The van der Waals surface area contributed by atoms with Gasteiger partial charge in [0.05, 0.1) is 11.5 Å². The van der Waals surface area contributed by atoms with Crippen LogP contribution in [0, 0.1) is 5.41 Å². The van der Waals surface area contributed by atoms with E-state index in [2.05, 4.69) is 0 Å². The van der Waals surface area contributed by atoms with E-state index in [1.165, 1.54) is 0 Å². The van der Waals surface area contributed by atoms with Crippen LogP contribution in [0.5, 0.6) is 0 Å². The highest BCUT2D eigenvalue weighted by molar-refractivity contribution is 5.79. The maximum atomic E-state index is 12.6. The fraction of sp³-hybridized carbons (Fsp3) is 0.867. The van der Waals surface area contributed by atoms with Crippen LogP contribution < -0.4 is 0 Å². The summed E-state index contributed by atoms with van der Waals surface area (Å²) in [5, 5.41) is 9.59. The first-order valence-corrected chi connectivity index (χ1v) is 7.82. The average molecular weight is 298 g/mol. The Labute approximate surface area is 126 Å². The number of carbonyl (C=O) groups is 2. The summed E-state index contributed by atoms with van der Waals surface area (Å²) in [6.45, 7) is 4.30. The maximum absolute atomic E-state index is 12.6. The monoisotopic (exact) mass is 298 g/mol. The van der Waals surface area contributed by atoms with Gasteiger partial charge in [-0.05, 0) is 25.7 Å². The Morgan fingerprint density at radius 3 is 2.67 bits per heavy atom. The second-order valence-electron chi connectivity index (χ2n) is 6.24. The highest BCUT2D eigenvalue weighted by Gasteiger charge is 2.44. The molecule has 0 radical (unpaired) electrons. The topological polar surface area (TPSA) is 70.1 Å². The molecule has 2 heterocycles. The summed E-state index contributed by atoms with van der Waals surface area (Å²) in [5.74, 6) is -0.766. The number of ether oxygens (including phenoxy) is 1. The van der Waals surface area contributed by atoms with Gasteiger partial charge in [-0.2, -0.15) is 0 Å². The molecule has 0 aromatic rings. The van der Waals surface area contributed by atoms with Crippen molar-refractivity contribution in [3.63, 3.8) is 0 Å². The molecular formula is C15H26N2O4. The number of carboxylic acid groups (broad SMARTS) is 1. The predicted octanol–water partition coefficient (Wildman–Crippen LogP) is 1.79. The van der Waals surface area contributed by atoms with Gasteiger partial charge in [0.25, 0.3) is 0 Å². The zero-order chi connectivity index (χ0) is 15.5. The standard InChI is InChI=1S/C15H26N2O4/c1-3-6-15(13(18)19)7-4-8-17(11-15)14(20)16-9-5-12(10-16)21-2/h12H,3-11H2,1-2H3,(H,18,19). The third-order valence-electron chi connectivity index (χ3n) is 4.78. The number of nitrogens with zero attached hydrogens (tertiary/aromatic N) is 2. The fourth-order valence-corrected chi connectivity index (χ4v) is 3.55. The Hall–Kier alpha value is -1.30. The van der Waals surface area contributed by atoms with E-state index in [9.17, 15) is 14.7 Å². The van der Waals surface area contributed by atoms with Gasteiger partial charge >= 0.3 is 12.0 Å². The molecule has 2 amide bonds. The summed E-state index contributed by atoms with van der Waals surface area (Å²) in [6.07, 6.45) is 3.85. The molecule has 120 valence electrons. The lowest BCUT2D eigenvalue weighted by Crippen LogP contribution is -2.53. The minimum Gasteiger partial charge on any atom is -0.481 e. The minimum atomic E-state index is -0.766. The lowest BCUT2D eigenvalue weighted by atomic mass is 9.76. The number of rotatable bonds is 4. The van der Waals surface area contributed by atoms with E-state index in [1.54, 1.807) is 16.9 Å². The van der Waals surface area contributed by atoms with Gasteiger partial charge in [-0.25, -0.2) is 4.79 Å². The number of carboxylic acids is 1. The molecule has 2 unspecified atom stereocenters. The molecule has 2 rings (SSSR count). The normalized spacial score (nSPS) is 29.7. The molecule has 21 heavy (non-hydrogen) atoms. The number of likely N-dealkylation sites (tertiary alicyclic amines) is 2. The molecule has 0 aromatic heterocycles. The van der Waals surface area contributed by atoms with Gasteiger partial charge in [-0.15, -0.1) is 0 Å². The van der Waals surface area contributed by atoms with Crippen LogP contribution in [0.1, 0.15) is 39.0 Å². The number of hydrogen-bond acceptors (Lipinski definition) is 3. The molecule has 1 N–H and O–H groups in total. The molecule has 2 atom stereocenters. The first-order chi connectivity index (χ1) is 10.0. The number of piperidine rings is 1. The van der Waals surface area contributed by atoms with Gasteiger partial charge < -0.3 is 19.6 Å². The first kappa shape index (κ1) is 16.1. The molecule has 0 bridgehead atoms. The van der Waals surface area contributed by atoms with E-state index < -0.39 is 11.4 Å². The van der Waals surface area contributed by atoms with Crippen molar-refractivity contribution < 1.29 is 19.4 Å². The van der Waals surface area contributed by atoms with Gasteiger partial charge in [-0.1, -0.05) is 13.3 Å². The van der Waals surface area contributed by atoms with Crippen molar-refractivity contribution in [3.8, 4) is 0 Å². The summed E-state index contributed by atoms with van der Waals surface area (Å²) >= 11 is 0. The molecule has 2 fully saturated rings. The van der Waals surface area contributed by atoms with Gasteiger partial charge in [0.1, 0.15) is 0 Å². The number of hydrogen-bond donors (Lipinski definition) is 1. The van der Waals surface area contributed by atoms with Crippen molar-refractivity contribution in [1.82, 2.24) is 9.80 Å². The summed E-state index contributed by atoms with van der Waals surface area (Å²) in [5.41, 5.74) is -0.761. The van der Waals surface area contributed by atoms with Crippen LogP contribution in [0.3, 0.4) is 0 Å². The molecular weight excluding hydrogens is 272 g/mol. The second-order valence-corrected chi connectivity index (χ2v) is 6.24. The number of amides is 2. The van der Waals surface area contributed by atoms with E-state index in [0.29, 0.717) is 39.0 Å². The van der Waals surface area contributed by atoms with Crippen molar-refractivity contribution in [1.29, 1.82) is 0 Å². The lowest BCUT2D eigenvalue weighted by molar-refractivity contribution is -0.152. The summed E-state index contributed by atoms with van der Waals surface area (Å²) in [7, 11) is 1.66. The molecule has 0 spiro atoms. The van der Waals surface area contributed by atoms with Crippen LogP contribution in [-0.2, 0) is 9.53 Å². The van der Waals surface area contributed by atoms with Crippen LogP contribution >= 0.6 is 0 Å². The third kappa shape index (κ3) is 3.31. The van der Waals surface area contributed by atoms with Crippen molar-refractivity contribution in [2.45, 2.75) is 45.1 Å². The summed E-state index contributed by atoms with van der Waals surface area (Å²) < 4.78 is 5.29. The van der Waals surface area contributed by atoms with E-state index in [1.807, 2.05) is 6.92 Å². The van der Waals surface area contributed by atoms with Crippen molar-refractivity contribution in [3.05, 3.63) is 0 Å². The largest absolute Gasteiger partial charge is 0.481 e.